The molecule has 11 heteroatoms. The average Bonchev–Trinajstić information content (AvgIpc) is 3.13. The van der Waals surface area contributed by atoms with Gasteiger partial charge >= 0.3 is 18.0 Å². The van der Waals surface area contributed by atoms with Crippen LogP contribution < -0.4 is 10.6 Å². The quantitative estimate of drug-likeness (QED) is 0.379. The molecule has 0 aromatic heterocycles. The molecule has 2 heterocycles. The molecule has 0 bridgehead atoms. The topological polar surface area (TPSA) is 151 Å². The Morgan fingerprint density at radius 1 is 1.17 bits per heavy atom. The van der Waals surface area contributed by atoms with Crippen molar-refractivity contribution in [2.45, 2.75) is 62.7 Å². The lowest BCUT2D eigenvalue weighted by molar-refractivity contribution is -0.148. The summed E-state index contributed by atoms with van der Waals surface area (Å²) < 4.78 is 9.25. The van der Waals surface area contributed by atoms with E-state index in [1.807, 2.05) is 6.08 Å². The number of nitrogens with zero attached hydrogens (tertiary/aromatic N) is 1. The minimum atomic E-state index is -1.33. The third kappa shape index (κ3) is 5.71. The maximum Gasteiger partial charge on any atom is 0.405 e. The molecule has 30 heavy (non-hydrogen) atoms. The number of fused-ring (bicyclic) bond motifs is 1. The maximum atomic E-state index is 13.0. The van der Waals surface area contributed by atoms with Gasteiger partial charge in [-0.1, -0.05) is 12.2 Å². The zero-order valence-electron chi connectivity index (χ0n) is 17.0. The molecule has 1 fully saturated rings. The highest BCUT2D eigenvalue weighted by Gasteiger charge is 2.44. The van der Waals surface area contributed by atoms with Crippen molar-refractivity contribution in [3.63, 3.8) is 0 Å². The molecule has 166 valence electrons. The molecule has 3 N–H and O–H groups in total. The second kappa shape index (κ2) is 10.6. The normalized spacial score (nSPS) is 25.2. The van der Waals surface area contributed by atoms with Gasteiger partial charge in [-0.2, -0.15) is 0 Å². The van der Waals surface area contributed by atoms with Crippen molar-refractivity contribution in [2.24, 2.45) is 0 Å². The number of amides is 3. The van der Waals surface area contributed by atoms with Gasteiger partial charge in [0.15, 0.2) is 0 Å². The molecule has 0 aliphatic carbocycles. The zero-order chi connectivity index (χ0) is 22.3. The minimum Gasteiger partial charge on any atom is -0.469 e. The Balaban J connectivity index is 2.15. The number of hydrogen-bond acceptors (Lipinski definition) is 7. The average molecular weight is 425 g/mol. The number of methoxy groups -OCH3 is 2. The summed E-state index contributed by atoms with van der Waals surface area (Å²) in [5.74, 6) is -2.28. The van der Waals surface area contributed by atoms with Crippen LogP contribution in [0.15, 0.2) is 12.2 Å². The van der Waals surface area contributed by atoms with Crippen molar-refractivity contribution >= 4 is 29.8 Å². The number of esters is 2. The fourth-order valence-electron chi connectivity index (χ4n) is 3.76. The summed E-state index contributed by atoms with van der Waals surface area (Å²) in [5, 5.41) is 13.8. The van der Waals surface area contributed by atoms with Crippen molar-refractivity contribution in [1.82, 2.24) is 15.5 Å². The van der Waals surface area contributed by atoms with E-state index in [4.69, 9.17) is 9.84 Å². The Kier molecular flexibility index (Phi) is 8.19. The van der Waals surface area contributed by atoms with Crippen LogP contribution in [0.25, 0.3) is 0 Å². The largest absolute Gasteiger partial charge is 0.469 e. The molecule has 2 aliphatic heterocycles. The Hall–Kier alpha value is -3.11. The Labute approximate surface area is 173 Å². The molecule has 4 atom stereocenters. The van der Waals surface area contributed by atoms with E-state index in [1.54, 1.807) is 6.08 Å². The third-order valence-corrected chi connectivity index (χ3v) is 5.27. The van der Waals surface area contributed by atoms with Crippen molar-refractivity contribution in [2.75, 3.05) is 14.2 Å². The van der Waals surface area contributed by atoms with Crippen LogP contribution in [0.3, 0.4) is 0 Å². The lowest BCUT2D eigenvalue weighted by Gasteiger charge is -2.34. The second-order valence-corrected chi connectivity index (χ2v) is 7.14. The van der Waals surface area contributed by atoms with E-state index >= 15 is 0 Å². The molecule has 0 aromatic rings. The number of nitrogens with one attached hydrogen (secondary N) is 2. The predicted octanol–water partition coefficient (Wildman–Crippen LogP) is -0.0568. The molecule has 3 amide bonds. The van der Waals surface area contributed by atoms with E-state index < -0.39 is 48.0 Å². The van der Waals surface area contributed by atoms with Crippen LogP contribution in [0, 0.1) is 0 Å². The second-order valence-electron chi connectivity index (χ2n) is 7.14. The molecular formula is C19H27N3O8. The number of carboxylic acid groups (broad SMARTS) is 1. The molecule has 2 aliphatic rings. The molecule has 0 spiro atoms. The monoisotopic (exact) mass is 425 g/mol. The smallest absolute Gasteiger partial charge is 0.405 e. The van der Waals surface area contributed by atoms with Gasteiger partial charge < -0.3 is 30.1 Å². The number of carbonyl (C=O) groups excluding carboxylic acids is 4. The Morgan fingerprint density at radius 2 is 1.87 bits per heavy atom. The van der Waals surface area contributed by atoms with E-state index in [9.17, 15) is 24.0 Å². The summed E-state index contributed by atoms with van der Waals surface area (Å²) >= 11 is 0. The first-order valence-electron chi connectivity index (χ1n) is 9.70. The van der Waals surface area contributed by atoms with Crippen LogP contribution in [0.4, 0.5) is 4.79 Å². The van der Waals surface area contributed by atoms with Crippen molar-refractivity contribution < 1.29 is 38.6 Å². The van der Waals surface area contributed by atoms with Crippen LogP contribution >= 0.6 is 0 Å². The summed E-state index contributed by atoms with van der Waals surface area (Å²) in [6.45, 7) is 0. The number of hydrogen-bond donors (Lipinski definition) is 3. The van der Waals surface area contributed by atoms with Crippen LogP contribution in [0.2, 0.25) is 0 Å². The van der Waals surface area contributed by atoms with Gasteiger partial charge in [0.2, 0.25) is 11.8 Å². The van der Waals surface area contributed by atoms with Gasteiger partial charge in [0.1, 0.15) is 18.1 Å². The molecule has 1 saturated heterocycles. The van der Waals surface area contributed by atoms with Gasteiger partial charge in [-0.3, -0.25) is 14.4 Å². The fraction of sp³-hybridized carbons (Fsp3) is 0.632. The molecule has 11 nitrogen and oxygen atoms in total. The molecule has 0 saturated carbocycles. The van der Waals surface area contributed by atoms with E-state index in [-0.39, 0.29) is 25.3 Å². The molecule has 2 rings (SSSR count). The molecule has 0 unspecified atom stereocenters. The highest BCUT2D eigenvalue weighted by molar-refractivity contribution is 5.94. The van der Waals surface area contributed by atoms with E-state index in [0.29, 0.717) is 19.3 Å². The third-order valence-electron chi connectivity index (χ3n) is 5.27. The highest BCUT2D eigenvalue weighted by Crippen LogP contribution is 2.29. The number of rotatable bonds is 7. The number of carbonyl (C=O) groups is 5. The van der Waals surface area contributed by atoms with Crippen LogP contribution in [0.1, 0.15) is 38.5 Å². The standard InChI is InChI=1S/C19H27N3O8/c1-29-15(23)10-8-13(18(26)30-2)20-16(24)14-9-7-11-5-3-4-6-12(21-19(27)28)17(25)22(11)14/h3-4,11-14,21H,5-10H2,1-2H3,(H,20,24)(H,27,28)/b4-3-/t11-,12-,13-,14-/m0/s1. The number of ether oxygens (including phenoxy) is 2. The Bertz CT molecular complexity index is 723. The summed E-state index contributed by atoms with van der Waals surface area (Å²) in [6, 6.07) is -3.16. The van der Waals surface area contributed by atoms with E-state index in [1.165, 1.54) is 19.1 Å². The van der Waals surface area contributed by atoms with Gasteiger partial charge in [-0.05, 0) is 32.1 Å². The predicted molar refractivity (Wildman–Crippen MR) is 102 cm³/mol. The van der Waals surface area contributed by atoms with E-state index in [2.05, 4.69) is 15.4 Å². The summed E-state index contributed by atoms with van der Waals surface area (Å²) in [6.07, 6.45) is 3.87. The first kappa shape index (κ1) is 23.2. The minimum absolute atomic E-state index is 0.0128. The lowest BCUT2D eigenvalue weighted by Crippen LogP contribution is -2.57. The van der Waals surface area contributed by atoms with E-state index in [0.717, 1.165) is 0 Å². The van der Waals surface area contributed by atoms with Crippen molar-refractivity contribution in [3.8, 4) is 0 Å². The van der Waals surface area contributed by atoms with Crippen molar-refractivity contribution in [3.05, 3.63) is 12.2 Å². The van der Waals surface area contributed by atoms with Gasteiger partial charge in [0, 0.05) is 12.5 Å². The zero-order valence-corrected chi connectivity index (χ0v) is 17.0. The van der Waals surface area contributed by atoms with Crippen LogP contribution in [0.5, 0.6) is 0 Å². The summed E-state index contributed by atoms with van der Waals surface area (Å²) in [5.41, 5.74) is 0. The van der Waals surface area contributed by atoms with Gasteiger partial charge in [-0.25, -0.2) is 9.59 Å². The first-order chi connectivity index (χ1) is 14.3. The molecular weight excluding hydrogens is 398 g/mol. The molecule has 0 radical (unpaired) electrons. The lowest BCUT2D eigenvalue weighted by atomic mass is 10.0. The van der Waals surface area contributed by atoms with Crippen LogP contribution in [-0.2, 0) is 28.7 Å². The van der Waals surface area contributed by atoms with Crippen LogP contribution in [-0.4, -0.2) is 78.2 Å². The van der Waals surface area contributed by atoms with Gasteiger partial charge in [0.05, 0.1) is 14.2 Å². The van der Waals surface area contributed by atoms with Gasteiger partial charge in [0.25, 0.3) is 0 Å². The highest BCUT2D eigenvalue weighted by atomic mass is 16.5. The fourth-order valence-corrected chi connectivity index (χ4v) is 3.76. The van der Waals surface area contributed by atoms with Crippen molar-refractivity contribution in [1.29, 1.82) is 0 Å². The first-order valence-corrected chi connectivity index (χ1v) is 9.70. The Morgan fingerprint density at radius 3 is 2.50 bits per heavy atom. The van der Waals surface area contributed by atoms with Gasteiger partial charge in [-0.15, -0.1) is 0 Å². The summed E-state index contributed by atoms with van der Waals surface area (Å²) in [7, 11) is 2.39. The molecule has 0 aromatic carbocycles. The summed E-state index contributed by atoms with van der Waals surface area (Å²) in [4.78, 5) is 61.8. The SMILES string of the molecule is COC(=O)CC[C@H](NC(=O)[C@@H]1CC[C@@H]2C/C=C\C[C@H](NC(=O)O)C(=O)N21)C(=O)OC. The maximum absolute atomic E-state index is 13.0.